The Morgan fingerprint density at radius 2 is 2.05 bits per heavy atom. The number of fused-ring (bicyclic) bond motifs is 1. The van der Waals surface area contributed by atoms with Gasteiger partial charge in [-0.3, -0.25) is 0 Å². The second kappa shape index (κ2) is 6.56. The molecule has 0 heterocycles. The predicted molar refractivity (Wildman–Crippen MR) is 83.6 cm³/mol. The van der Waals surface area contributed by atoms with Crippen molar-refractivity contribution in [3.63, 3.8) is 0 Å². The van der Waals surface area contributed by atoms with Gasteiger partial charge in [0.1, 0.15) is 12.0 Å². The smallest absolute Gasteiger partial charge is 0.122 e. The molecule has 2 heteroatoms. The van der Waals surface area contributed by atoms with Crippen LogP contribution in [-0.2, 0) is 11.2 Å². The summed E-state index contributed by atoms with van der Waals surface area (Å²) < 4.78 is 5.54. The SMILES string of the molecule is COc1cc2c(CCCC=O)cccc2cc1C(C)C. The number of carbonyl (C=O) groups excluding carboxylic acids is 1. The maximum absolute atomic E-state index is 10.5. The van der Waals surface area contributed by atoms with E-state index in [4.69, 9.17) is 4.74 Å². The largest absolute Gasteiger partial charge is 0.496 e. The van der Waals surface area contributed by atoms with Gasteiger partial charge in [-0.15, -0.1) is 0 Å². The van der Waals surface area contributed by atoms with E-state index < -0.39 is 0 Å². The van der Waals surface area contributed by atoms with Gasteiger partial charge in [0, 0.05) is 6.42 Å². The molecular weight excluding hydrogens is 248 g/mol. The Labute approximate surface area is 120 Å². The molecule has 20 heavy (non-hydrogen) atoms. The van der Waals surface area contributed by atoms with Crippen molar-refractivity contribution in [3.8, 4) is 5.75 Å². The van der Waals surface area contributed by atoms with E-state index in [1.165, 1.54) is 21.9 Å². The molecule has 2 aromatic rings. The second-order valence-corrected chi connectivity index (χ2v) is 5.45. The van der Waals surface area contributed by atoms with E-state index >= 15 is 0 Å². The lowest BCUT2D eigenvalue weighted by Gasteiger charge is -2.15. The van der Waals surface area contributed by atoms with E-state index in [1.54, 1.807) is 7.11 Å². The number of benzene rings is 2. The molecule has 0 N–H and O–H groups in total. The van der Waals surface area contributed by atoms with Gasteiger partial charge in [-0.1, -0.05) is 32.0 Å². The van der Waals surface area contributed by atoms with E-state index in [2.05, 4.69) is 44.2 Å². The van der Waals surface area contributed by atoms with Gasteiger partial charge in [0.05, 0.1) is 7.11 Å². The van der Waals surface area contributed by atoms with Crippen LogP contribution in [0, 0.1) is 0 Å². The first-order valence-electron chi connectivity index (χ1n) is 7.20. The van der Waals surface area contributed by atoms with Crippen molar-refractivity contribution in [3.05, 3.63) is 41.5 Å². The van der Waals surface area contributed by atoms with E-state index in [9.17, 15) is 4.79 Å². The molecule has 0 atom stereocenters. The Morgan fingerprint density at radius 3 is 2.70 bits per heavy atom. The van der Waals surface area contributed by atoms with Gasteiger partial charge in [0.25, 0.3) is 0 Å². The number of methoxy groups -OCH3 is 1. The van der Waals surface area contributed by atoms with Crippen molar-refractivity contribution >= 4 is 17.1 Å². The van der Waals surface area contributed by atoms with Gasteiger partial charge in [-0.25, -0.2) is 0 Å². The Morgan fingerprint density at radius 1 is 1.25 bits per heavy atom. The Kier molecular flexibility index (Phi) is 4.78. The molecule has 0 aliphatic rings. The van der Waals surface area contributed by atoms with Crippen LogP contribution in [0.1, 0.15) is 43.7 Å². The topological polar surface area (TPSA) is 26.3 Å². The third-order valence-electron chi connectivity index (χ3n) is 3.71. The summed E-state index contributed by atoms with van der Waals surface area (Å²) in [5.41, 5.74) is 2.53. The summed E-state index contributed by atoms with van der Waals surface area (Å²) in [4.78, 5) is 10.5. The molecule has 0 fully saturated rings. The first kappa shape index (κ1) is 14.6. The molecule has 0 saturated carbocycles. The summed E-state index contributed by atoms with van der Waals surface area (Å²) in [6.45, 7) is 4.36. The summed E-state index contributed by atoms with van der Waals surface area (Å²) in [5.74, 6) is 1.39. The highest BCUT2D eigenvalue weighted by atomic mass is 16.5. The lowest BCUT2D eigenvalue weighted by atomic mass is 9.94. The van der Waals surface area contributed by atoms with Crippen LogP contribution in [0.2, 0.25) is 0 Å². The number of unbranched alkanes of at least 4 members (excludes halogenated alkanes) is 1. The van der Waals surface area contributed by atoms with Gasteiger partial charge < -0.3 is 9.53 Å². The summed E-state index contributed by atoms with van der Waals surface area (Å²) in [6, 6.07) is 10.7. The number of carbonyl (C=O) groups is 1. The van der Waals surface area contributed by atoms with Crippen molar-refractivity contribution in [1.82, 2.24) is 0 Å². The second-order valence-electron chi connectivity index (χ2n) is 5.45. The average Bonchev–Trinajstić information content (AvgIpc) is 2.46. The van der Waals surface area contributed by atoms with E-state index in [1.807, 2.05) is 0 Å². The predicted octanol–water partition coefficient (Wildman–Crippen LogP) is 4.49. The molecule has 0 spiro atoms. The minimum atomic E-state index is 0.438. The van der Waals surface area contributed by atoms with Crippen LogP contribution in [0.15, 0.2) is 30.3 Å². The minimum Gasteiger partial charge on any atom is -0.496 e. The van der Waals surface area contributed by atoms with E-state index in [-0.39, 0.29) is 0 Å². The Bertz CT molecular complexity index is 600. The van der Waals surface area contributed by atoms with E-state index in [0.717, 1.165) is 24.9 Å². The molecule has 0 aliphatic carbocycles. The Hall–Kier alpha value is -1.83. The van der Waals surface area contributed by atoms with E-state index in [0.29, 0.717) is 12.3 Å². The first-order valence-corrected chi connectivity index (χ1v) is 7.20. The normalized spacial score (nSPS) is 11.0. The van der Waals surface area contributed by atoms with Crippen molar-refractivity contribution in [1.29, 1.82) is 0 Å². The van der Waals surface area contributed by atoms with Crippen LogP contribution < -0.4 is 4.74 Å². The van der Waals surface area contributed by atoms with Crippen LogP contribution in [0.4, 0.5) is 0 Å². The van der Waals surface area contributed by atoms with Crippen molar-refractivity contribution in [2.45, 2.75) is 39.0 Å². The monoisotopic (exact) mass is 270 g/mol. The molecule has 0 saturated heterocycles. The molecule has 0 unspecified atom stereocenters. The molecular formula is C18H22O2. The lowest BCUT2D eigenvalue weighted by molar-refractivity contribution is -0.107. The molecule has 106 valence electrons. The maximum Gasteiger partial charge on any atom is 0.122 e. The fourth-order valence-electron chi connectivity index (χ4n) is 2.61. The number of hydrogen-bond donors (Lipinski definition) is 0. The average molecular weight is 270 g/mol. The number of aryl methyl sites for hydroxylation is 1. The zero-order valence-electron chi connectivity index (χ0n) is 12.5. The highest BCUT2D eigenvalue weighted by Crippen LogP contribution is 2.33. The van der Waals surface area contributed by atoms with Gasteiger partial charge >= 0.3 is 0 Å². The van der Waals surface area contributed by atoms with Gasteiger partial charge in [0.15, 0.2) is 0 Å². The fraction of sp³-hybridized carbons (Fsp3) is 0.389. The Balaban J connectivity index is 2.48. The summed E-state index contributed by atoms with van der Waals surface area (Å²) in [7, 11) is 1.72. The van der Waals surface area contributed by atoms with Crippen molar-refractivity contribution < 1.29 is 9.53 Å². The lowest BCUT2D eigenvalue weighted by Crippen LogP contribution is -1.96. The summed E-state index contributed by atoms with van der Waals surface area (Å²) in [5, 5.41) is 2.48. The van der Waals surface area contributed by atoms with Crippen LogP contribution in [0.5, 0.6) is 5.75 Å². The van der Waals surface area contributed by atoms with Crippen LogP contribution in [0.3, 0.4) is 0 Å². The molecule has 0 radical (unpaired) electrons. The van der Waals surface area contributed by atoms with Crippen LogP contribution in [0.25, 0.3) is 10.8 Å². The number of hydrogen-bond acceptors (Lipinski definition) is 2. The highest BCUT2D eigenvalue weighted by Gasteiger charge is 2.11. The zero-order chi connectivity index (χ0) is 14.5. The molecule has 0 aromatic heterocycles. The minimum absolute atomic E-state index is 0.438. The van der Waals surface area contributed by atoms with Gasteiger partial charge in [0.2, 0.25) is 0 Å². The molecule has 0 bridgehead atoms. The molecule has 0 amide bonds. The summed E-state index contributed by atoms with van der Waals surface area (Å²) in [6.07, 6.45) is 3.44. The number of aldehydes is 1. The molecule has 0 aliphatic heterocycles. The van der Waals surface area contributed by atoms with Crippen LogP contribution >= 0.6 is 0 Å². The zero-order valence-corrected chi connectivity index (χ0v) is 12.5. The number of ether oxygens (including phenoxy) is 1. The van der Waals surface area contributed by atoms with Crippen molar-refractivity contribution in [2.75, 3.05) is 7.11 Å². The van der Waals surface area contributed by atoms with Crippen LogP contribution in [-0.4, -0.2) is 13.4 Å². The molecule has 2 nitrogen and oxygen atoms in total. The maximum atomic E-state index is 10.5. The first-order chi connectivity index (χ1) is 9.67. The van der Waals surface area contributed by atoms with Crippen molar-refractivity contribution in [2.24, 2.45) is 0 Å². The van der Waals surface area contributed by atoms with Gasteiger partial charge in [-0.05, 0) is 52.8 Å². The standard InChI is InChI=1S/C18H22O2/c1-13(2)16-11-15-9-6-8-14(7-4-5-10-19)17(15)12-18(16)20-3/h6,8-13H,4-5,7H2,1-3H3. The third-order valence-corrected chi connectivity index (χ3v) is 3.71. The fourth-order valence-corrected chi connectivity index (χ4v) is 2.61. The molecule has 2 aromatic carbocycles. The third kappa shape index (κ3) is 3.01. The number of rotatable bonds is 6. The highest BCUT2D eigenvalue weighted by molar-refractivity contribution is 5.88. The van der Waals surface area contributed by atoms with Gasteiger partial charge in [-0.2, -0.15) is 0 Å². The molecule has 2 rings (SSSR count). The summed E-state index contributed by atoms with van der Waals surface area (Å²) >= 11 is 0. The quantitative estimate of drug-likeness (QED) is 0.571.